The van der Waals surface area contributed by atoms with Crippen molar-refractivity contribution in [2.24, 2.45) is 0 Å². The lowest BCUT2D eigenvalue weighted by Crippen LogP contribution is -2.35. The van der Waals surface area contributed by atoms with E-state index in [1.165, 1.54) is 12.8 Å². The third kappa shape index (κ3) is 2.40. The molecule has 2 aliphatic rings. The maximum absolute atomic E-state index is 12.6. The Kier molecular flexibility index (Phi) is 3.20. The topological polar surface area (TPSA) is 68.8 Å². The fourth-order valence-electron chi connectivity index (χ4n) is 3.08. The van der Waals surface area contributed by atoms with Gasteiger partial charge in [0.2, 0.25) is 5.91 Å². The first-order valence-electron chi connectivity index (χ1n) is 7.92. The van der Waals surface area contributed by atoms with Gasteiger partial charge in [-0.1, -0.05) is 5.21 Å². The van der Waals surface area contributed by atoms with Crippen molar-refractivity contribution in [2.75, 3.05) is 13.1 Å². The molecule has 2 fully saturated rings. The second kappa shape index (κ2) is 5.23. The number of hydrogen-bond donors (Lipinski definition) is 0. The van der Waals surface area contributed by atoms with Crippen molar-refractivity contribution in [3.63, 3.8) is 0 Å². The summed E-state index contributed by atoms with van der Waals surface area (Å²) < 4.78 is 3.65. The van der Waals surface area contributed by atoms with Gasteiger partial charge in [-0.3, -0.25) is 9.48 Å². The predicted octanol–water partition coefficient (Wildman–Crippen LogP) is 1.39. The minimum Gasteiger partial charge on any atom is -0.339 e. The van der Waals surface area contributed by atoms with E-state index in [2.05, 4.69) is 21.6 Å². The molecule has 116 valence electrons. The van der Waals surface area contributed by atoms with Crippen molar-refractivity contribution in [2.45, 2.75) is 44.2 Å². The van der Waals surface area contributed by atoms with Crippen molar-refractivity contribution in [1.29, 1.82) is 0 Å². The van der Waals surface area contributed by atoms with E-state index in [1.54, 1.807) is 10.9 Å². The van der Waals surface area contributed by atoms with Crippen LogP contribution in [0.25, 0.3) is 0 Å². The van der Waals surface area contributed by atoms with E-state index in [-0.39, 0.29) is 18.0 Å². The number of hydrogen-bond acceptors (Lipinski definition) is 4. The molecule has 0 radical (unpaired) electrons. The van der Waals surface area contributed by atoms with E-state index < -0.39 is 0 Å². The van der Waals surface area contributed by atoms with Crippen LogP contribution in [0, 0.1) is 0 Å². The molecule has 3 heterocycles. The molecule has 7 nitrogen and oxygen atoms in total. The van der Waals surface area contributed by atoms with E-state index in [9.17, 15) is 4.79 Å². The summed E-state index contributed by atoms with van der Waals surface area (Å²) in [5, 5.41) is 12.7. The molecule has 0 aromatic carbocycles. The van der Waals surface area contributed by atoms with Gasteiger partial charge in [0.15, 0.2) is 0 Å². The van der Waals surface area contributed by atoms with Crippen LogP contribution in [0.1, 0.15) is 49.9 Å². The van der Waals surface area contributed by atoms with Crippen molar-refractivity contribution in [3.8, 4) is 0 Å². The Bertz CT molecular complexity index is 659. The number of carbonyl (C=O) groups is 1. The molecule has 0 spiro atoms. The Morgan fingerprint density at radius 1 is 1.36 bits per heavy atom. The molecule has 1 saturated carbocycles. The highest BCUT2D eigenvalue weighted by atomic mass is 16.2. The fourth-order valence-corrected chi connectivity index (χ4v) is 3.08. The van der Waals surface area contributed by atoms with Crippen LogP contribution >= 0.6 is 0 Å². The van der Waals surface area contributed by atoms with Gasteiger partial charge < -0.3 is 4.90 Å². The molecule has 2 aromatic heterocycles. The van der Waals surface area contributed by atoms with Gasteiger partial charge in [0, 0.05) is 37.6 Å². The second-order valence-corrected chi connectivity index (χ2v) is 6.29. The lowest BCUT2D eigenvalue weighted by Gasteiger charge is -2.21. The monoisotopic (exact) mass is 300 g/mol. The molecular weight excluding hydrogens is 280 g/mol. The molecule has 1 amide bonds. The lowest BCUT2D eigenvalue weighted by atomic mass is 10.2. The zero-order valence-electron chi connectivity index (χ0n) is 12.7. The average Bonchev–Trinajstić information content (AvgIpc) is 3.03. The SMILES string of the molecule is CC(C(=O)N1CCC(n2cc(C3CC3)nn2)C1)n1cccn1. The second-order valence-electron chi connectivity index (χ2n) is 6.29. The van der Waals surface area contributed by atoms with Gasteiger partial charge in [0.05, 0.1) is 11.7 Å². The van der Waals surface area contributed by atoms with E-state index in [4.69, 9.17) is 0 Å². The number of aromatic nitrogens is 5. The van der Waals surface area contributed by atoms with E-state index in [1.807, 2.05) is 28.8 Å². The molecule has 1 saturated heterocycles. The third-order valence-corrected chi connectivity index (χ3v) is 4.65. The van der Waals surface area contributed by atoms with Crippen molar-refractivity contribution in [3.05, 3.63) is 30.4 Å². The highest BCUT2D eigenvalue weighted by molar-refractivity contribution is 5.80. The van der Waals surface area contributed by atoms with Gasteiger partial charge in [0.25, 0.3) is 0 Å². The largest absolute Gasteiger partial charge is 0.339 e. The molecule has 22 heavy (non-hydrogen) atoms. The van der Waals surface area contributed by atoms with E-state index >= 15 is 0 Å². The first kappa shape index (κ1) is 13.5. The molecule has 2 atom stereocenters. The lowest BCUT2D eigenvalue weighted by molar-refractivity contribution is -0.133. The Hall–Kier alpha value is -2.18. The number of nitrogens with zero attached hydrogens (tertiary/aromatic N) is 6. The minimum absolute atomic E-state index is 0.119. The third-order valence-electron chi connectivity index (χ3n) is 4.65. The summed E-state index contributed by atoms with van der Waals surface area (Å²) in [4.78, 5) is 14.5. The van der Waals surface area contributed by atoms with Crippen LogP contribution < -0.4 is 0 Å². The quantitative estimate of drug-likeness (QED) is 0.855. The Balaban J connectivity index is 1.41. The molecule has 2 aromatic rings. The van der Waals surface area contributed by atoms with Crippen LogP contribution in [-0.2, 0) is 4.79 Å². The van der Waals surface area contributed by atoms with Crippen LogP contribution in [0.15, 0.2) is 24.7 Å². The van der Waals surface area contributed by atoms with Crippen LogP contribution in [0.3, 0.4) is 0 Å². The van der Waals surface area contributed by atoms with Gasteiger partial charge in [-0.2, -0.15) is 5.10 Å². The molecule has 0 bridgehead atoms. The first-order chi connectivity index (χ1) is 10.7. The summed E-state index contributed by atoms with van der Waals surface area (Å²) in [5.74, 6) is 0.737. The highest BCUT2D eigenvalue weighted by Gasteiger charge is 2.32. The van der Waals surface area contributed by atoms with E-state index in [0.717, 1.165) is 18.7 Å². The molecule has 1 aliphatic carbocycles. The summed E-state index contributed by atoms with van der Waals surface area (Å²) in [6.45, 7) is 3.37. The molecule has 4 rings (SSSR count). The van der Waals surface area contributed by atoms with Gasteiger partial charge >= 0.3 is 0 Å². The number of amides is 1. The Morgan fingerprint density at radius 3 is 2.95 bits per heavy atom. The average molecular weight is 300 g/mol. The molecule has 1 aliphatic heterocycles. The molecule has 0 N–H and O–H groups in total. The summed E-state index contributed by atoms with van der Waals surface area (Å²) >= 11 is 0. The first-order valence-corrected chi connectivity index (χ1v) is 7.92. The summed E-state index contributed by atoms with van der Waals surface area (Å²) in [6, 6.07) is 1.83. The van der Waals surface area contributed by atoms with Gasteiger partial charge in [-0.25, -0.2) is 4.68 Å². The molecule has 2 unspecified atom stereocenters. The maximum atomic E-state index is 12.6. The Labute approximate surface area is 128 Å². The van der Waals surface area contributed by atoms with Crippen LogP contribution in [0.5, 0.6) is 0 Å². The van der Waals surface area contributed by atoms with Crippen molar-refractivity contribution < 1.29 is 4.79 Å². The summed E-state index contributed by atoms with van der Waals surface area (Å²) in [6.07, 6.45) is 8.99. The van der Waals surface area contributed by atoms with Gasteiger partial charge in [0.1, 0.15) is 6.04 Å². The number of carbonyl (C=O) groups excluding carboxylic acids is 1. The van der Waals surface area contributed by atoms with Gasteiger partial charge in [-0.15, -0.1) is 5.10 Å². The standard InChI is InChI=1S/C15H20N6O/c1-11(20-7-2-6-16-20)15(22)19-8-5-13(9-19)21-10-14(17-18-21)12-3-4-12/h2,6-7,10-13H,3-5,8-9H2,1H3. The van der Waals surface area contributed by atoms with E-state index in [0.29, 0.717) is 12.5 Å². The number of likely N-dealkylation sites (tertiary alicyclic amines) is 1. The summed E-state index contributed by atoms with van der Waals surface area (Å²) in [7, 11) is 0. The highest BCUT2D eigenvalue weighted by Crippen LogP contribution is 2.39. The van der Waals surface area contributed by atoms with Crippen LogP contribution in [-0.4, -0.2) is 48.7 Å². The van der Waals surface area contributed by atoms with Crippen molar-refractivity contribution in [1.82, 2.24) is 29.7 Å². The zero-order valence-corrected chi connectivity index (χ0v) is 12.7. The predicted molar refractivity (Wildman–Crippen MR) is 79.2 cm³/mol. The summed E-state index contributed by atoms with van der Waals surface area (Å²) in [5.41, 5.74) is 1.11. The molecule has 7 heteroatoms. The van der Waals surface area contributed by atoms with Crippen molar-refractivity contribution >= 4 is 5.91 Å². The normalized spacial score (nSPS) is 23.0. The zero-order chi connectivity index (χ0) is 15.1. The maximum Gasteiger partial charge on any atom is 0.247 e. The van der Waals surface area contributed by atoms with Gasteiger partial charge in [-0.05, 0) is 32.3 Å². The number of rotatable bonds is 4. The smallest absolute Gasteiger partial charge is 0.247 e. The molecular formula is C15H20N6O. The fraction of sp³-hybridized carbons (Fsp3) is 0.600. The van der Waals surface area contributed by atoms with Crippen LogP contribution in [0.2, 0.25) is 0 Å². The minimum atomic E-state index is -0.258. The Morgan fingerprint density at radius 2 is 2.23 bits per heavy atom. The van der Waals surface area contributed by atoms with Crippen LogP contribution in [0.4, 0.5) is 0 Å².